The second-order valence-corrected chi connectivity index (χ2v) is 3.66. The number of aromatic nitrogens is 1. The molecule has 16 heavy (non-hydrogen) atoms. The molecule has 1 aromatic heterocycles. The first kappa shape index (κ1) is 14.9. The van der Waals surface area contributed by atoms with E-state index >= 15 is 0 Å². The molecule has 0 fully saturated rings. The summed E-state index contributed by atoms with van der Waals surface area (Å²) in [7, 11) is 1.26. The van der Waals surface area contributed by atoms with Gasteiger partial charge in [-0.05, 0) is 26.0 Å². The first-order valence-corrected chi connectivity index (χ1v) is 4.54. The third kappa shape index (κ3) is 2.93. The van der Waals surface area contributed by atoms with Gasteiger partial charge in [0.2, 0.25) is 0 Å². The summed E-state index contributed by atoms with van der Waals surface area (Å²) in [5, 5.41) is 0. The molecule has 0 aromatic carbocycles. The van der Waals surface area contributed by atoms with Crippen LogP contribution in [0.2, 0.25) is 0 Å². The van der Waals surface area contributed by atoms with Gasteiger partial charge in [-0.15, -0.1) is 0 Å². The van der Waals surface area contributed by atoms with Crippen molar-refractivity contribution in [3.63, 3.8) is 0 Å². The van der Waals surface area contributed by atoms with E-state index in [2.05, 4.69) is 9.72 Å². The van der Waals surface area contributed by atoms with Crippen LogP contribution in [0.15, 0.2) is 24.4 Å². The number of methoxy groups -OCH3 is 1. The number of pyridine rings is 1. The number of Topliss-reactive ketones (excluding diaryl/α,β-unsaturated/α-hetero) is 1. The van der Waals surface area contributed by atoms with E-state index in [4.69, 9.17) is 0 Å². The number of hydrogen-bond acceptors (Lipinski definition) is 4. The van der Waals surface area contributed by atoms with Crippen LogP contribution in [0.3, 0.4) is 0 Å². The summed E-state index contributed by atoms with van der Waals surface area (Å²) >= 11 is 0. The van der Waals surface area contributed by atoms with E-state index in [1.54, 1.807) is 18.2 Å². The van der Waals surface area contributed by atoms with E-state index < -0.39 is 11.4 Å². The fourth-order valence-electron chi connectivity index (χ4n) is 1.17. The van der Waals surface area contributed by atoms with Crippen molar-refractivity contribution in [3.05, 3.63) is 30.1 Å². The monoisotopic (exact) mass is 258 g/mol. The molecule has 0 bridgehead atoms. The van der Waals surface area contributed by atoms with Crippen LogP contribution >= 0.6 is 0 Å². The van der Waals surface area contributed by atoms with Gasteiger partial charge in [-0.1, -0.05) is 6.07 Å². The quantitative estimate of drug-likeness (QED) is 0.468. The molecule has 1 aromatic rings. The Balaban J connectivity index is 0.00000225. The minimum absolute atomic E-state index is 0. The molecule has 0 N–H and O–H groups in total. The van der Waals surface area contributed by atoms with Crippen molar-refractivity contribution in [3.8, 4) is 0 Å². The fourth-order valence-corrected chi connectivity index (χ4v) is 1.17. The molecule has 1 heterocycles. The molecule has 0 spiro atoms. The van der Waals surface area contributed by atoms with Crippen LogP contribution in [-0.4, -0.2) is 23.8 Å². The topological polar surface area (TPSA) is 56.3 Å². The summed E-state index contributed by atoms with van der Waals surface area (Å²) in [5.41, 5.74) is -0.920. The number of nitrogens with zero attached hydrogens (tertiary/aromatic N) is 1. The average molecular weight is 258 g/mol. The van der Waals surface area contributed by atoms with E-state index in [0.717, 1.165) is 0 Å². The van der Waals surface area contributed by atoms with Crippen molar-refractivity contribution >= 4 is 11.8 Å². The predicted molar refractivity (Wildman–Crippen MR) is 54.4 cm³/mol. The first-order chi connectivity index (χ1) is 7.00. The Labute approximate surface area is 106 Å². The molecular weight excluding hydrogens is 245 g/mol. The van der Waals surface area contributed by atoms with E-state index in [0.29, 0.717) is 0 Å². The minimum atomic E-state index is -1.19. The van der Waals surface area contributed by atoms with Gasteiger partial charge in [0.05, 0.1) is 7.11 Å². The Morgan fingerprint density at radius 3 is 2.38 bits per heavy atom. The van der Waals surface area contributed by atoms with E-state index in [-0.39, 0.29) is 30.0 Å². The molecule has 5 heteroatoms. The maximum Gasteiger partial charge on any atom is 0.319 e. The van der Waals surface area contributed by atoms with Crippen LogP contribution < -0.4 is 0 Å². The molecule has 1 rings (SSSR count). The van der Waals surface area contributed by atoms with Crippen LogP contribution in [-0.2, 0) is 28.1 Å². The molecule has 0 aliphatic carbocycles. The molecule has 4 nitrogen and oxygen atoms in total. The van der Waals surface area contributed by atoms with Crippen LogP contribution in [0.1, 0.15) is 24.3 Å². The number of ketones is 1. The molecule has 0 amide bonds. The van der Waals surface area contributed by atoms with Gasteiger partial charge < -0.3 is 4.74 Å². The van der Waals surface area contributed by atoms with Gasteiger partial charge in [0, 0.05) is 24.8 Å². The third-order valence-corrected chi connectivity index (χ3v) is 2.16. The number of hydrogen-bond donors (Lipinski definition) is 0. The van der Waals surface area contributed by atoms with Gasteiger partial charge in [-0.3, -0.25) is 14.6 Å². The molecule has 85 valence electrons. The maximum absolute atomic E-state index is 11.9. The zero-order valence-corrected chi connectivity index (χ0v) is 10.8. The Kier molecular flexibility index (Phi) is 5.41. The van der Waals surface area contributed by atoms with Gasteiger partial charge in [-0.25, -0.2) is 0 Å². The fraction of sp³-hybridized carbons (Fsp3) is 0.364. The zero-order valence-electron chi connectivity index (χ0n) is 9.43. The minimum Gasteiger partial charge on any atom is -0.468 e. The molecule has 0 atom stereocenters. The molecule has 0 unspecified atom stereocenters. The van der Waals surface area contributed by atoms with E-state index in [1.807, 2.05) is 0 Å². The van der Waals surface area contributed by atoms with Crippen molar-refractivity contribution in [1.29, 1.82) is 0 Å². The average Bonchev–Trinajstić information content (AvgIpc) is 2.28. The van der Waals surface area contributed by atoms with Crippen LogP contribution in [0.5, 0.6) is 0 Å². The normalized spacial score (nSPS) is 10.2. The smallest absolute Gasteiger partial charge is 0.319 e. The SMILES string of the molecule is COC(=O)C(C)(C)C(=O)c1ccccn1.[V]. The first-order valence-electron chi connectivity index (χ1n) is 4.54. The number of esters is 1. The van der Waals surface area contributed by atoms with Crippen molar-refractivity contribution in [1.82, 2.24) is 4.98 Å². The second kappa shape index (κ2) is 5.82. The van der Waals surface area contributed by atoms with Crippen molar-refractivity contribution < 1.29 is 32.9 Å². The van der Waals surface area contributed by atoms with Gasteiger partial charge in [0.15, 0.2) is 5.78 Å². The largest absolute Gasteiger partial charge is 0.468 e. The number of carbonyl (C=O) groups excluding carboxylic acids is 2. The number of carbonyl (C=O) groups is 2. The van der Waals surface area contributed by atoms with Gasteiger partial charge in [-0.2, -0.15) is 0 Å². The molecule has 1 radical (unpaired) electrons. The Morgan fingerprint density at radius 2 is 1.94 bits per heavy atom. The Morgan fingerprint density at radius 1 is 1.31 bits per heavy atom. The predicted octanol–water partition coefficient (Wildman–Crippen LogP) is 1.46. The van der Waals surface area contributed by atoms with E-state index in [9.17, 15) is 9.59 Å². The summed E-state index contributed by atoms with van der Waals surface area (Å²) in [6, 6.07) is 4.99. The van der Waals surface area contributed by atoms with Crippen molar-refractivity contribution in [2.75, 3.05) is 7.11 Å². The van der Waals surface area contributed by atoms with Gasteiger partial charge >= 0.3 is 5.97 Å². The molecule has 0 saturated carbocycles. The van der Waals surface area contributed by atoms with Crippen molar-refractivity contribution in [2.24, 2.45) is 5.41 Å². The van der Waals surface area contributed by atoms with E-state index in [1.165, 1.54) is 27.2 Å². The number of ether oxygens (including phenoxy) is 1. The van der Waals surface area contributed by atoms with Crippen LogP contribution in [0.25, 0.3) is 0 Å². The maximum atomic E-state index is 11.9. The standard InChI is InChI=1S/C11H13NO3.V/c1-11(2,10(14)15-3)9(13)8-6-4-5-7-12-8;/h4-7H,1-3H3;. The summed E-state index contributed by atoms with van der Waals surface area (Å²) in [5.74, 6) is -0.895. The van der Waals surface area contributed by atoms with Crippen molar-refractivity contribution in [2.45, 2.75) is 13.8 Å². The third-order valence-electron chi connectivity index (χ3n) is 2.16. The summed E-state index contributed by atoms with van der Waals surface area (Å²) in [6.45, 7) is 3.05. The second-order valence-electron chi connectivity index (χ2n) is 3.66. The Hall–Kier alpha value is -1.13. The van der Waals surface area contributed by atoms with Gasteiger partial charge in [0.25, 0.3) is 0 Å². The number of rotatable bonds is 3. The Bertz CT molecular complexity index is 376. The molecule has 0 aliphatic heterocycles. The molecular formula is C11H13NO3V. The summed E-state index contributed by atoms with van der Waals surface area (Å²) in [6.07, 6.45) is 1.51. The van der Waals surface area contributed by atoms with Gasteiger partial charge in [0.1, 0.15) is 11.1 Å². The van der Waals surface area contributed by atoms with Crippen LogP contribution in [0.4, 0.5) is 0 Å². The molecule has 0 saturated heterocycles. The van der Waals surface area contributed by atoms with Crippen LogP contribution in [0, 0.1) is 5.41 Å². The zero-order chi connectivity index (χ0) is 11.5. The summed E-state index contributed by atoms with van der Waals surface area (Å²) in [4.78, 5) is 27.2. The summed E-state index contributed by atoms with van der Waals surface area (Å²) < 4.78 is 4.57. The molecule has 0 aliphatic rings.